The number of para-hydroxylation sites is 1. The summed E-state index contributed by atoms with van der Waals surface area (Å²) in [5.41, 5.74) is 4.83. The first-order valence-corrected chi connectivity index (χ1v) is 6.59. The predicted molar refractivity (Wildman–Crippen MR) is 79.8 cm³/mol. The topological polar surface area (TPSA) is 17.8 Å². The van der Waals surface area contributed by atoms with E-state index in [4.69, 9.17) is 0 Å². The van der Waals surface area contributed by atoms with Crippen LogP contribution in [0.3, 0.4) is 0 Å². The molecule has 2 heteroatoms. The number of hydrogen-bond acceptors (Lipinski definition) is 1. The molecule has 0 bridgehead atoms. The standard InChI is InChI=1S/C17H18N2/c1-17(2,3)13-9-10-16-15(11-13)18-12-19(16)14-7-5-4-6-8-14/h4-12H,1-3H3. The van der Waals surface area contributed by atoms with E-state index in [9.17, 15) is 0 Å². The van der Waals surface area contributed by atoms with Gasteiger partial charge in [0.1, 0.15) is 6.33 Å². The summed E-state index contributed by atoms with van der Waals surface area (Å²) >= 11 is 0. The van der Waals surface area contributed by atoms with Crippen molar-refractivity contribution in [3.05, 3.63) is 60.4 Å². The molecule has 3 aromatic rings. The van der Waals surface area contributed by atoms with Gasteiger partial charge in [-0.15, -0.1) is 0 Å². The first kappa shape index (κ1) is 12.0. The SMILES string of the molecule is CC(C)(C)c1ccc2c(c1)ncn2-c1ccccc1. The Labute approximate surface area is 113 Å². The van der Waals surface area contributed by atoms with Gasteiger partial charge in [-0.25, -0.2) is 4.98 Å². The zero-order valence-electron chi connectivity index (χ0n) is 11.6. The molecule has 0 aliphatic rings. The molecule has 0 aliphatic carbocycles. The number of nitrogens with zero attached hydrogens (tertiary/aromatic N) is 2. The summed E-state index contributed by atoms with van der Waals surface area (Å²) in [6, 6.07) is 16.9. The summed E-state index contributed by atoms with van der Waals surface area (Å²) in [7, 11) is 0. The molecule has 3 rings (SSSR count). The van der Waals surface area contributed by atoms with E-state index < -0.39 is 0 Å². The van der Waals surface area contributed by atoms with Gasteiger partial charge in [0, 0.05) is 5.69 Å². The van der Waals surface area contributed by atoms with Gasteiger partial charge < -0.3 is 0 Å². The minimum absolute atomic E-state index is 0.157. The molecule has 19 heavy (non-hydrogen) atoms. The summed E-state index contributed by atoms with van der Waals surface area (Å²) in [5.74, 6) is 0. The van der Waals surface area contributed by atoms with Crippen molar-refractivity contribution in [2.24, 2.45) is 0 Å². The van der Waals surface area contributed by atoms with E-state index in [2.05, 4.69) is 60.7 Å². The maximum absolute atomic E-state index is 4.53. The van der Waals surface area contributed by atoms with E-state index in [-0.39, 0.29) is 5.41 Å². The molecule has 0 atom stereocenters. The van der Waals surface area contributed by atoms with Crippen LogP contribution in [-0.2, 0) is 5.41 Å². The summed E-state index contributed by atoms with van der Waals surface area (Å²) in [4.78, 5) is 4.53. The second-order valence-electron chi connectivity index (χ2n) is 5.90. The summed E-state index contributed by atoms with van der Waals surface area (Å²) in [6.45, 7) is 6.67. The van der Waals surface area contributed by atoms with Gasteiger partial charge in [-0.2, -0.15) is 0 Å². The Morgan fingerprint density at radius 3 is 2.37 bits per heavy atom. The van der Waals surface area contributed by atoms with Crippen LogP contribution in [0.4, 0.5) is 0 Å². The first-order valence-electron chi connectivity index (χ1n) is 6.59. The first-order chi connectivity index (χ1) is 9.05. The lowest BCUT2D eigenvalue weighted by Crippen LogP contribution is -2.10. The Bertz CT molecular complexity index is 703. The van der Waals surface area contributed by atoms with Crippen LogP contribution >= 0.6 is 0 Å². The number of benzene rings is 2. The fourth-order valence-corrected chi connectivity index (χ4v) is 2.27. The second-order valence-corrected chi connectivity index (χ2v) is 5.90. The summed E-state index contributed by atoms with van der Waals surface area (Å²) in [5, 5.41) is 0. The van der Waals surface area contributed by atoms with Crippen LogP contribution in [0.25, 0.3) is 16.7 Å². The minimum Gasteiger partial charge on any atom is -0.299 e. The van der Waals surface area contributed by atoms with Crippen LogP contribution in [0.5, 0.6) is 0 Å². The van der Waals surface area contributed by atoms with Crippen LogP contribution in [0, 0.1) is 0 Å². The molecular formula is C17H18N2. The van der Waals surface area contributed by atoms with Gasteiger partial charge in [0.2, 0.25) is 0 Å². The molecule has 0 radical (unpaired) electrons. The minimum atomic E-state index is 0.157. The molecule has 96 valence electrons. The summed E-state index contributed by atoms with van der Waals surface area (Å²) in [6.07, 6.45) is 1.90. The smallest absolute Gasteiger partial charge is 0.100 e. The number of rotatable bonds is 1. The third kappa shape index (κ3) is 2.14. The molecule has 2 aromatic carbocycles. The Hall–Kier alpha value is -2.09. The normalized spacial score (nSPS) is 11.9. The molecule has 0 N–H and O–H groups in total. The van der Waals surface area contributed by atoms with Gasteiger partial charge in [-0.05, 0) is 35.2 Å². The number of hydrogen-bond donors (Lipinski definition) is 0. The van der Waals surface area contributed by atoms with Crippen molar-refractivity contribution in [3.63, 3.8) is 0 Å². The Morgan fingerprint density at radius 2 is 1.68 bits per heavy atom. The molecule has 0 spiro atoms. The van der Waals surface area contributed by atoms with E-state index in [0.29, 0.717) is 0 Å². The Morgan fingerprint density at radius 1 is 0.947 bits per heavy atom. The second kappa shape index (κ2) is 4.23. The highest BCUT2D eigenvalue weighted by molar-refractivity contribution is 5.78. The zero-order valence-corrected chi connectivity index (χ0v) is 11.6. The maximum atomic E-state index is 4.53. The lowest BCUT2D eigenvalue weighted by atomic mass is 9.87. The number of fused-ring (bicyclic) bond motifs is 1. The van der Waals surface area contributed by atoms with Crippen LogP contribution in [0.2, 0.25) is 0 Å². The van der Waals surface area contributed by atoms with Crippen molar-refractivity contribution in [1.29, 1.82) is 0 Å². The third-order valence-electron chi connectivity index (χ3n) is 3.45. The van der Waals surface area contributed by atoms with Gasteiger partial charge in [0.25, 0.3) is 0 Å². The lowest BCUT2D eigenvalue weighted by Gasteiger charge is -2.18. The Balaban J connectivity index is 2.16. The molecule has 1 aromatic heterocycles. The van der Waals surface area contributed by atoms with Crippen molar-refractivity contribution in [1.82, 2.24) is 9.55 Å². The zero-order chi connectivity index (χ0) is 13.5. The van der Waals surface area contributed by atoms with Crippen molar-refractivity contribution in [2.75, 3.05) is 0 Å². The van der Waals surface area contributed by atoms with Crippen LogP contribution in [-0.4, -0.2) is 9.55 Å². The van der Waals surface area contributed by atoms with Gasteiger partial charge in [0.15, 0.2) is 0 Å². The quantitative estimate of drug-likeness (QED) is 0.629. The predicted octanol–water partition coefficient (Wildman–Crippen LogP) is 4.32. The Kier molecular flexibility index (Phi) is 2.67. The lowest BCUT2D eigenvalue weighted by molar-refractivity contribution is 0.591. The largest absolute Gasteiger partial charge is 0.299 e. The molecular weight excluding hydrogens is 232 g/mol. The molecule has 0 saturated heterocycles. The van der Waals surface area contributed by atoms with Gasteiger partial charge in [-0.3, -0.25) is 4.57 Å². The maximum Gasteiger partial charge on any atom is 0.100 e. The number of aromatic nitrogens is 2. The van der Waals surface area contributed by atoms with Crippen molar-refractivity contribution >= 4 is 11.0 Å². The van der Waals surface area contributed by atoms with Crippen LogP contribution in [0.1, 0.15) is 26.3 Å². The highest BCUT2D eigenvalue weighted by atomic mass is 15.0. The average molecular weight is 250 g/mol. The molecule has 0 aliphatic heterocycles. The average Bonchev–Trinajstić information content (AvgIpc) is 2.81. The van der Waals surface area contributed by atoms with Crippen LogP contribution < -0.4 is 0 Å². The van der Waals surface area contributed by atoms with E-state index in [1.807, 2.05) is 24.5 Å². The highest BCUT2D eigenvalue weighted by Crippen LogP contribution is 2.26. The molecule has 1 heterocycles. The van der Waals surface area contributed by atoms with Crippen LogP contribution in [0.15, 0.2) is 54.9 Å². The summed E-state index contributed by atoms with van der Waals surface area (Å²) < 4.78 is 2.13. The van der Waals surface area contributed by atoms with Gasteiger partial charge in [0.05, 0.1) is 11.0 Å². The van der Waals surface area contributed by atoms with Crippen molar-refractivity contribution in [3.8, 4) is 5.69 Å². The van der Waals surface area contributed by atoms with E-state index >= 15 is 0 Å². The van der Waals surface area contributed by atoms with Crippen molar-refractivity contribution in [2.45, 2.75) is 26.2 Å². The monoisotopic (exact) mass is 250 g/mol. The van der Waals surface area contributed by atoms with Crippen molar-refractivity contribution < 1.29 is 0 Å². The van der Waals surface area contributed by atoms with E-state index in [1.165, 1.54) is 5.56 Å². The third-order valence-corrected chi connectivity index (χ3v) is 3.45. The van der Waals surface area contributed by atoms with Gasteiger partial charge in [-0.1, -0.05) is 45.0 Å². The van der Waals surface area contributed by atoms with E-state index in [1.54, 1.807) is 0 Å². The molecule has 0 unspecified atom stereocenters. The molecule has 0 amide bonds. The molecule has 0 saturated carbocycles. The molecule has 0 fully saturated rings. The number of imidazole rings is 1. The fourth-order valence-electron chi connectivity index (χ4n) is 2.27. The fraction of sp³-hybridized carbons (Fsp3) is 0.235. The highest BCUT2D eigenvalue weighted by Gasteiger charge is 2.15. The van der Waals surface area contributed by atoms with E-state index in [0.717, 1.165) is 16.7 Å². The molecule has 2 nitrogen and oxygen atoms in total. The van der Waals surface area contributed by atoms with Gasteiger partial charge >= 0.3 is 0 Å².